The quantitative estimate of drug-likeness (QED) is 0.276. The van der Waals surface area contributed by atoms with Crippen molar-refractivity contribution >= 4 is 29.5 Å². The number of nitrogens with one attached hydrogen (secondary N) is 2. The maximum Gasteiger partial charge on any atom is 0.338 e. The molecule has 2 aromatic rings. The summed E-state index contributed by atoms with van der Waals surface area (Å²) in [6, 6.07) is 10.6. The highest BCUT2D eigenvalue weighted by Crippen LogP contribution is 2.25. The lowest BCUT2D eigenvalue weighted by molar-refractivity contribution is 0.0601. The monoisotopic (exact) mass is 343 g/mol. The van der Waals surface area contributed by atoms with Crippen LogP contribution >= 0.6 is 12.2 Å². The molecule has 0 unspecified atom stereocenters. The Balaban J connectivity index is 2.10. The van der Waals surface area contributed by atoms with Gasteiger partial charge in [-0.05, 0) is 30.4 Å². The second-order valence-corrected chi connectivity index (χ2v) is 5.02. The molecule has 0 amide bonds. The molecule has 0 saturated carbocycles. The van der Waals surface area contributed by atoms with Crippen molar-refractivity contribution in [3.63, 3.8) is 0 Å². The fourth-order valence-corrected chi connectivity index (χ4v) is 2.05. The van der Waals surface area contributed by atoms with Gasteiger partial charge in [0.15, 0.2) is 5.11 Å². The van der Waals surface area contributed by atoms with Crippen molar-refractivity contribution in [2.75, 3.05) is 13.7 Å². The first-order valence-electron chi connectivity index (χ1n) is 7.11. The molecular weight excluding hydrogens is 326 g/mol. The van der Waals surface area contributed by atoms with E-state index in [2.05, 4.69) is 22.4 Å². The van der Waals surface area contributed by atoms with Crippen molar-refractivity contribution in [2.45, 2.75) is 0 Å². The number of methoxy groups -OCH3 is 1. The molecule has 0 radical (unpaired) electrons. The predicted molar refractivity (Wildman–Crippen MR) is 97.0 cm³/mol. The number of thiocarbonyl (C=S) groups is 1. The lowest BCUT2D eigenvalue weighted by Crippen LogP contribution is -2.31. The number of benzene rings is 1. The van der Waals surface area contributed by atoms with Crippen LogP contribution < -0.4 is 10.7 Å². The summed E-state index contributed by atoms with van der Waals surface area (Å²) in [5, 5.41) is 7.24. The first kappa shape index (κ1) is 17.4. The number of rotatable bonds is 6. The minimum atomic E-state index is -0.419. The number of hydrogen-bond acceptors (Lipinski definition) is 5. The Morgan fingerprint density at radius 3 is 2.92 bits per heavy atom. The zero-order valence-electron chi connectivity index (χ0n) is 13.1. The van der Waals surface area contributed by atoms with Gasteiger partial charge in [0.1, 0.15) is 11.5 Å². The number of furan rings is 1. The number of hydrogen-bond donors (Lipinski definition) is 2. The van der Waals surface area contributed by atoms with E-state index in [1.807, 2.05) is 6.07 Å². The van der Waals surface area contributed by atoms with E-state index in [4.69, 9.17) is 21.4 Å². The number of hydrazone groups is 1. The number of ether oxygens (including phenoxy) is 1. The summed E-state index contributed by atoms with van der Waals surface area (Å²) in [5.41, 5.74) is 3.75. The topological polar surface area (TPSA) is 75.9 Å². The number of esters is 1. The van der Waals surface area contributed by atoms with Crippen LogP contribution in [0.5, 0.6) is 0 Å². The molecule has 124 valence electrons. The average molecular weight is 343 g/mol. The zero-order valence-corrected chi connectivity index (χ0v) is 13.9. The Bertz CT molecular complexity index is 768. The standard InChI is InChI=1S/C17H17N3O3S/c1-3-10-18-17(24)20-19-11-12-8-9-15(23-12)13-6-4-5-7-14(13)16(21)22-2/h3-9,11H,1,10H2,2H3,(H2,18,20,24). The van der Waals surface area contributed by atoms with Crippen LogP contribution in [0, 0.1) is 0 Å². The van der Waals surface area contributed by atoms with Gasteiger partial charge in [-0.2, -0.15) is 5.10 Å². The lowest BCUT2D eigenvalue weighted by Gasteiger charge is -2.04. The first-order chi connectivity index (χ1) is 11.7. The first-order valence-corrected chi connectivity index (χ1v) is 7.52. The van der Waals surface area contributed by atoms with Crippen molar-refractivity contribution in [1.29, 1.82) is 0 Å². The lowest BCUT2D eigenvalue weighted by atomic mass is 10.1. The van der Waals surface area contributed by atoms with Crippen molar-refractivity contribution in [3.05, 3.63) is 60.4 Å². The number of nitrogens with zero attached hydrogens (tertiary/aromatic N) is 1. The van der Waals surface area contributed by atoms with Crippen LogP contribution in [0.3, 0.4) is 0 Å². The SMILES string of the molecule is C=CCNC(=S)NN=Cc1ccc(-c2ccccc2C(=O)OC)o1. The molecule has 0 atom stereocenters. The largest absolute Gasteiger partial charge is 0.465 e. The van der Waals surface area contributed by atoms with E-state index in [0.29, 0.717) is 34.3 Å². The molecule has 24 heavy (non-hydrogen) atoms. The fraction of sp³-hybridized carbons (Fsp3) is 0.118. The smallest absolute Gasteiger partial charge is 0.338 e. The summed E-state index contributed by atoms with van der Waals surface area (Å²) in [6.45, 7) is 4.13. The summed E-state index contributed by atoms with van der Waals surface area (Å²) in [6.07, 6.45) is 3.18. The molecule has 2 N–H and O–H groups in total. The van der Waals surface area contributed by atoms with Gasteiger partial charge in [-0.1, -0.05) is 24.3 Å². The molecule has 6 nitrogen and oxygen atoms in total. The molecule has 0 aliphatic carbocycles. The van der Waals surface area contributed by atoms with Gasteiger partial charge in [-0.15, -0.1) is 6.58 Å². The molecule has 0 spiro atoms. The molecule has 7 heteroatoms. The number of carbonyl (C=O) groups excluding carboxylic acids is 1. The highest BCUT2D eigenvalue weighted by atomic mass is 32.1. The van der Waals surface area contributed by atoms with Gasteiger partial charge in [0.2, 0.25) is 0 Å². The third kappa shape index (κ3) is 4.53. The summed E-state index contributed by atoms with van der Waals surface area (Å²) in [7, 11) is 1.34. The Morgan fingerprint density at radius 1 is 1.38 bits per heavy atom. The van der Waals surface area contributed by atoms with Crippen LogP contribution in [0.4, 0.5) is 0 Å². The molecule has 0 aliphatic rings. The van der Waals surface area contributed by atoms with E-state index in [9.17, 15) is 4.79 Å². The molecule has 1 aromatic carbocycles. The summed E-state index contributed by atoms with van der Waals surface area (Å²) in [5.74, 6) is 0.644. The molecule has 2 rings (SSSR count). The van der Waals surface area contributed by atoms with Crippen LogP contribution in [0.1, 0.15) is 16.1 Å². The minimum absolute atomic E-state index is 0.383. The van der Waals surface area contributed by atoms with E-state index >= 15 is 0 Å². The van der Waals surface area contributed by atoms with Gasteiger partial charge < -0.3 is 14.5 Å². The van der Waals surface area contributed by atoms with Crippen LogP contribution in [0.2, 0.25) is 0 Å². The summed E-state index contributed by atoms with van der Waals surface area (Å²) >= 11 is 5.01. The van der Waals surface area contributed by atoms with Crippen molar-refractivity contribution in [3.8, 4) is 11.3 Å². The van der Waals surface area contributed by atoms with Gasteiger partial charge >= 0.3 is 5.97 Å². The predicted octanol–water partition coefficient (Wildman–Crippen LogP) is 2.72. The number of carbonyl (C=O) groups is 1. The third-order valence-corrected chi connectivity index (χ3v) is 3.23. The van der Waals surface area contributed by atoms with Gasteiger partial charge in [0.05, 0.1) is 18.9 Å². The molecule has 0 bridgehead atoms. The summed E-state index contributed by atoms with van der Waals surface area (Å²) < 4.78 is 10.5. The minimum Gasteiger partial charge on any atom is -0.465 e. The molecule has 1 aromatic heterocycles. The Kier molecular flexibility index (Phi) is 6.27. The third-order valence-electron chi connectivity index (χ3n) is 2.99. The maximum absolute atomic E-state index is 11.8. The van der Waals surface area contributed by atoms with E-state index in [-0.39, 0.29) is 0 Å². The van der Waals surface area contributed by atoms with Gasteiger partial charge in [-0.3, -0.25) is 5.43 Å². The van der Waals surface area contributed by atoms with E-state index < -0.39 is 5.97 Å². The van der Waals surface area contributed by atoms with E-state index in [1.54, 1.807) is 36.4 Å². The summed E-state index contributed by atoms with van der Waals surface area (Å²) in [4.78, 5) is 11.8. The Hall–Kier alpha value is -2.93. The van der Waals surface area contributed by atoms with Crippen molar-refractivity contribution in [1.82, 2.24) is 10.7 Å². The van der Waals surface area contributed by atoms with Crippen LogP contribution in [-0.4, -0.2) is 31.0 Å². The van der Waals surface area contributed by atoms with Crippen LogP contribution in [0.25, 0.3) is 11.3 Å². The highest BCUT2D eigenvalue weighted by molar-refractivity contribution is 7.80. The van der Waals surface area contributed by atoms with Crippen LogP contribution in [-0.2, 0) is 4.74 Å². The van der Waals surface area contributed by atoms with Gasteiger partial charge in [0, 0.05) is 12.1 Å². The van der Waals surface area contributed by atoms with E-state index in [0.717, 1.165) is 0 Å². The highest BCUT2D eigenvalue weighted by Gasteiger charge is 2.14. The Morgan fingerprint density at radius 2 is 2.17 bits per heavy atom. The second-order valence-electron chi connectivity index (χ2n) is 4.61. The molecule has 0 aliphatic heterocycles. The molecule has 0 fully saturated rings. The van der Waals surface area contributed by atoms with Crippen molar-refractivity contribution < 1.29 is 13.9 Å². The van der Waals surface area contributed by atoms with Crippen LogP contribution in [0.15, 0.2) is 58.6 Å². The van der Waals surface area contributed by atoms with E-state index in [1.165, 1.54) is 13.3 Å². The van der Waals surface area contributed by atoms with Gasteiger partial charge in [-0.25, -0.2) is 4.79 Å². The fourth-order valence-electron chi connectivity index (χ4n) is 1.91. The average Bonchev–Trinajstić information content (AvgIpc) is 3.08. The molecular formula is C17H17N3O3S. The second kappa shape index (κ2) is 8.64. The maximum atomic E-state index is 11.8. The molecule has 0 saturated heterocycles. The van der Waals surface area contributed by atoms with Gasteiger partial charge in [0.25, 0.3) is 0 Å². The molecule has 1 heterocycles. The zero-order chi connectivity index (χ0) is 17.4. The Labute approximate surface area is 145 Å². The van der Waals surface area contributed by atoms with Crippen molar-refractivity contribution in [2.24, 2.45) is 5.10 Å². The normalized spacial score (nSPS) is 10.4.